The van der Waals surface area contributed by atoms with E-state index in [1.807, 2.05) is 0 Å². The molecule has 11 nitrogen and oxygen atoms in total. The topological polar surface area (TPSA) is 178 Å². The molecule has 11 heteroatoms. The van der Waals surface area contributed by atoms with E-state index in [0.29, 0.717) is 18.3 Å². The zero-order valence-electron chi connectivity index (χ0n) is 31.5. The molecule has 1 unspecified atom stereocenters. The summed E-state index contributed by atoms with van der Waals surface area (Å²) in [6.45, 7) is 5.42. The molecule has 2 fully saturated rings. The lowest BCUT2D eigenvalue weighted by Gasteiger charge is -2.40. The second-order valence-corrected chi connectivity index (χ2v) is 15.6. The zero-order valence-corrected chi connectivity index (χ0v) is 31.5. The number of aliphatic hydroxyl groups is 6. The lowest BCUT2D eigenvalue weighted by Crippen LogP contribution is -2.60. The van der Waals surface area contributed by atoms with Gasteiger partial charge < -0.3 is 50.2 Å². The first-order valence-corrected chi connectivity index (χ1v) is 20.3. The van der Waals surface area contributed by atoms with Crippen molar-refractivity contribution in [2.24, 2.45) is 5.41 Å². The number of carbonyl (C=O) groups excluding carboxylic acids is 1. The molecule has 296 valence electrons. The smallest absolute Gasteiger partial charge is 0.220 e. The molecule has 50 heavy (non-hydrogen) atoms. The van der Waals surface area contributed by atoms with Gasteiger partial charge >= 0.3 is 0 Å². The Balaban J connectivity index is 1.72. The number of ether oxygens (including phenoxy) is 3. The maximum Gasteiger partial charge on any atom is 0.220 e. The van der Waals surface area contributed by atoms with Gasteiger partial charge in [0, 0.05) is 11.8 Å². The van der Waals surface area contributed by atoms with E-state index in [2.05, 4.69) is 19.2 Å². The SMILES string of the molecule is CCCCCCCCCCCCCC[C@@H](O)[C@@H](O)[C@H](CO[C@H]1O[C@H](CO)[C@H](O)[C@H](O)C1O)NC(=O)CCCCCCCCCCC1(C)COC1. The van der Waals surface area contributed by atoms with Crippen LogP contribution in [0, 0.1) is 5.41 Å². The van der Waals surface area contributed by atoms with Crippen LogP contribution in [0.4, 0.5) is 0 Å². The molecule has 0 aromatic carbocycles. The van der Waals surface area contributed by atoms with Gasteiger partial charge in [-0.2, -0.15) is 0 Å². The first-order valence-electron chi connectivity index (χ1n) is 20.3. The first kappa shape index (κ1) is 45.3. The van der Waals surface area contributed by atoms with E-state index in [9.17, 15) is 35.4 Å². The Morgan fingerprint density at radius 1 is 0.760 bits per heavy atom. The van der Waals surface area contributed by atoms with Crippen LogP contribution in [0.15, 0.2) is 0 Å². The molecule has 2 heterocycles. The molecule has 1 amide bonds. The monoisotopic (exact) mass is 718 g/mol. The Labute approximate surface area is 302 Å². The fourth-order valence-corrected chi connectivity index (χ4v) is 7.03. The van der Waals surface area contributed by atoms with Crippen molar-refractivity contribution in [1.82, 2.24) is 5.32 Å². The number of nitrogens with one attached hydrogen (secondary N) is 1. The minimum atomic E-state index is -1.61. The maximum atomic E-state index is 12.9. The van der Waals surface area contributed by atoms with Crippen LogP contribution >= 0.6 is 0 Å². The summed E-state index contributed by atoms with van der Waals surface area (Å²) in [7, 11) is 0. The second-order valence-electron chi connectivity index (χ2n) is 15.6. The highest BCUT2D eigenvalue weighted by Gasteiger charge is 2.44. The van der Waals surface area contributed by atoms with Crippen molar-refractivity contribution in [3.05, 3.63) is 0 Å². The lowest BCUT2D eigenvalue weighted by molar-refractivity contribution is -0.303. The third kappa shape index (κ3) is 18.2. The van der Waals surface area contributed by atoms with Crippen molar-refractivity contribution in [3.63, 3.8) is 0 Å². The highest BCUT2D eigenvalue weighted by atomic mass is 16.7. The molecule has 2 aliphatic heterocycles. The second kappa shape index (κ2) is 26.8. The Kier molecular flexibility index (Phi) is 24.3. The number of unbranched alkanes of at least 4 members (excludes halogenated alkanes) is 18. The zero-order chi connectivity index (χ0) is 36.6. The summed E-state index contributed by atoms with van der Waals surface area (Å²) in [5, 5.41) is 64.9. The molecule has 7 N–H and O–H groups in total. The molecular formula is C39H75NO10. The highest BCUT2D eigenvalue weighted by Crippen LogP contribution is 2.32. The Hall–Kier alpha value is -0.890. The summed E-state index contributed by atoms with van der Waals surface area (Å²) in [4.78, 5) is 12.9. The van der Waals surface area contributed by atoms with E-state index in [0.717, 1.165) is 58.2 Å². The van der Waals surface area contributed by atoms with E-state index < -0.39 is 55.6 Å². The molecule has 0 aliphatic carbocycles. The number of aliphatic hydroxyl groups excluding tert-OH is 6. The highest BCUT2D eigenvalue weighted by molar-refractivity contribution is 5.76. The molecule has 2 rings (SSSR count). The Bertz CT molecular complexity index is 844. The predicted octanol–water partition coefficient (Wildman–Crippen LogP) is 5.04. The van der Waals surface area contributed by atoms with E-state index >= 15 is 0 Å². The average molecular weight is 718 g/mol. The predicted molar refractivity (Wildman–Crippen MR) is 194 cm³/mol. The van der Waals surface area contributed by atoms with Crippen LogP contribution in [0.5, 0.6) is 0 Å². The number of carbonyl (C=O) groups is 1. The fourth-order valence-electron chi connectivity index (χ4n) is 7.03. The van der Waals surface area contributed by atoms with E-state index in [-0.39, 0.29) is 18.9 Å². The molecule has 0 radical (unpaired) electrons. The molecule has 0 saturated carbocycles. The van der Waals surface area contributed by atoms with Gasteiger partial charge in [0.2, 0.25) is 5.91 Å². The van der Waals surface area contributed by atoms with Crippen molar-refractivity contribution < 1.29 is 49.6 Å². The summed E-state index contributed by atoms with van der Waals surface area (Å²) in [5.74, 6) is -0.266. The summed E-state index contributed by atoms with van der Waals surface area (Å²) < 4.78 is 16.4. The van der Waals surface area contributed by atoms with Crippen molar-refractivity contribution in [2.45, 2.75) is 210 Å². The van der Waals surface area contributed by atoms with Gasteiger partial charge in [-0.15, -0.1) is 0 Å². The summed E-state index contributed by atoms with van der Waals surface area (Å²) in [6, 6.07) is -0.990. The van der Waals surface area contributed by atoms with Gasteiger partial charge in [0.1, 0.15) is 30.5 Å². The fraction of sp³-hybridized carbons (Fsp3) is 0.974. The van der Waals surface area contributed by atoms with Gasteiger partial charge in [0.25, 0.3) is 0 Å². The van der Waals surface area contributed by atoms with Gasteiger partial charge in [-0.3, -0.25) is 4.79 Å². The molecule has 0 aromatic rings. The van der Waals surface area contributed by atoms with Gasteiger partial charge in [-0.1, -0.05) is 136 Å². The van der Waals surface area contributed by atoms with Crippen LogP contribution in [-0.4, -0.2) is 112 Å². The maximum absolute atomic E-state index is 12.9. The van der Waals surface area contributed by atoms with Crippen molar-refractivity contribution in [3.8, 4) is 0 Å². The number of hydrogen-bond acceptors (Lipinski definition) is 10. The van der Waals surface area contributed by atoms with E-state index in [4.69, 9.17) is 14.2 Å². The third-order valence-electron chi connectivity index (χ3n) is 10.6. The molecular weight excluding hydrogens is 642 g/mol. The minimum absolute atomic E-state index is 0.266. The standard InChI is InChI=1S/C39H75NO10/c1-3-4-5-6-7-8-9-10-11-14-17-20-23-31(42)34(44)30(27-49-38-37(47)36(46)35(45)32(26-41)50-38)40-33(43)24-21-18-15-12-13-16-19-22-25-39(2)28-48-29-39/h30-32,34-38,41-42,44-47H,3-29H2,1-2H3,(H,40,43)/t30-,31+,32+,34-,35-,36-,37?,38-/m0/s1. The Morgan fingerprint density at radius 2 is 1.28 bits per heavy atom. The summed E-state index contributed by atoms with van der Waals surface area (Å²) in [6.07, 6.45) is 15.3. The largest absolute Gasteiger partial charge is 0.394 e. The number of rotatable bonds is 31. The van der Waals surface area contributed by atoms with Gasteiger partial charge in [0.05, 0.1) is 38.6 Å². The lowest BCUT2D eigenvalue weighted by atomic mass is 9.83. The summed E-state index contributed by atoms with van der Waals surface area (Å²) in [5.41, 5.74) is 0.395. The van der Waals surface area contributed by atoms with Crippen LogP contribution in [0.2, 0.25) is 0 Å². The molecule has 2 saturated heterocycles. The molecule has 0 spiro atoms. The first-order chi connectivity index (χ1) is 24.1. The quantitative estimate of drug-likeness (QED) is 0.0481. The number of amides is 1. The minimum Gasteiger partial charge on any atom is -0.394 e. The van der Waals surface area contributed by atoms with Crippen LogP contribution in [0.1, 0.15) is 162 Å². The van der Waals surface area contributed by atoms with E-state index in [1.165, 1.54) is 83.5 Å². The molecule has 2 aliphatic rings. The molecule has 0 bridgehead atoms. The van der Waals surface area contributed by atoms with Crippen molar-refractivity contribution in [2.75, 3.05) is 26.4 Å². The van der Waals surface area contributed by atoms with Gasteiger partial charge in [-0.25, -0.2) is 0 Å². The average Bonchev–Trinajstić information content (AvgIpc) is 3.09. The van der Waals surface area contributed by atoms with Crippen molar-refractivity contribution in [1.29, 1.82) is 0 Å². The number of hydrogen-bond donors (Lipinski definition) is 7. The molecule has 0 aromatic heterocycles. The van der Waals surface area contributed by atoms with Crippen LogP contribution < -0.4 is 5.32 Å². The van der Waals surface area contributed by atoms with Crippen LogP contribution in [0.3, 0.4) is 0 Å². The van der Waals surface area contributed by atoms with Gasteiger partial charge in [-0.05, 0) is 19.3 Å². The van der Waals surface area contributed by atoms with Crippen LogP contribution in [0.25, 0.3) is 0 Å². The normalized spacial score (nSPS) is 25.2. The van der Waals surface area contributed by atoms with Crippen LogP contribution in [-0.2, 0) is 19.0 Å². The molecule has 8 atom stereocenters. The third-order valence-corrected chi connectivity index (χ3v) is 10.6. The summed E-state index contributed by atoms with van der Waals surface area (Å²) >= 11 is 0. The van der Waals surface area contributed by atoms with Gasteiger partial charge in [0.15, 0.2) is 6.29 Å². The van der Waals surface area contributed by atoms with E-state index in [1.54, 1.807) is 0 Å². The van der Waals surface area contributed by atoms with Crippen molar-refractivity contribution >= 4 is 5.91 Å². The Morgan fingerprint density at radius 3 is 1.80 bits per heavy atom.